The summed E-state index contributed by atoms with van der Waals surface area (Å²) in [6, 6.07) is 3.21. The van der Waals surface area contributed by atoms with Crippen LogP contribution >= 0.6 is 0 Å². The Morgan fingerprint density at radius 2 is 2.23 bits per heavy atom. The molecular formula is C17H20F3N5O. The third kappa shape index (κ3) is 4.14. The predicted octanol–water partition coefficient (Wildman–Crippen LogP) is 3.33. The van der Waals surface area contributed by atoms with E-state index in [0.29, 0.717) is 37.4 Å². The molecule has 2 amide bonds. The third-order valence-electron chi connectivity index (χ3n) is 4.41. The number of urea groups is 1. The van der Waals surface area contributed by atoms with Crippen molar-refractivity contribution in [3.05, 3.63) is 41.7 Å². The fourth-order valence-corrected chi connectivity index (χ4v) is 3.11. The lowest BCUT2D eigenvalue weighted by Crippen LogP contribution is -2.37. The van der Waals surface area contributed by atoms with Gasteiger partial charge in [0.15, 0.2) is 5.69 Å². The Labute approximate surface area is 149 Å². The number of nitrogens with zero attached hydrogens (tertiary/aromatic N) is 4. The second kappa shape index (κ2) is 6.97. The van der Waals surface area contributed by atoms with E-state index in [0.717, 1.165) is 11.9 Å². The second-order valence-corrected chi connectivity index (χ2v) is 6.59. The summed E-state index contributed by atoms with van der Waals surface area (Å²) in [6.45, 7) is 2.71. The van der Waals surface area contributed by atoms with Crippen molar-refractivity contribution < 1.29 is 18.0 Å². The maximum atomic E-state index is 12.8. The molecule has 0 aliphatic carbocycles. The number of amides is 2. The van der Waals surface area contributed by atoms with Crippen LogP contribution in [-0.2, 0) is 19.1 Å². The van der Waals surface area contributed by atoms with Crippen molar-refractivity contribution in [1.82, 2.24) is 19.4 Å². The van der Waals surface area contributed by atoms with Crippen LogP contribution in [0.5, 0.6) is 0 Å². The summed E-state index contributed by atoms with van der Waals surface area (Å²) in [6.07, 6.45) is -0.592. The van der Waals surface area contributed by atoms with Gasteiger partial charge in [-0.15, -0.1) is 0 Å². The second-order valence-electron chi connectivity index (χ2n) is 6.59. The monoisotopic (exact) mass is 367 g/mol. The Bertz CT molecular complexity index is 802. The van der Waals surface area contributed by atoms with Crippen molar-refractivity contribution in [2.24, 2.45) is 5.92 Å². The highest BCUT2D eigenvalue weighted by atomic mass is 19.4. The molecule has 0 radical (unpaired) electrons. The van der Waals surface area contributed by atoms with Crippen molar-refractivity contribution in [2.45, 2.75) is 32.5 Å². The van der Waals surface area contributed by atoms with E-state index < -0.39 is 11.9 Å². The summed E-state index contributed by atoms with van der Waals surface area (Å²) >= 11 is 0. The van der Waals surface area contributed by atoms with E-state index in [-0.39, 0.29) is 11.9 Å². The lowest BCUT2D eigenvalue weighted by Gasteiger charge is -2.28. The Morgan fingerprint density at radius 3 is 2.92 bits per heavy atom. The molecule has 26 heavy (non-hydrogen) atoms. The maximum Gasteiger partial charge on any atom is 0.434 e. The molecule has 6 nitrogen and oxygen atoms in total. The molecule has 0 bridgehead atoms. The maximum absolute atomic E-state index is 12.8. The topological polar surface area (TPSA) is 63.1 Å². The smallest absolute Gasteiger partial charge is 0.334 e. The summed E-state index contributed by atoms with van der Waals surface area (Å²) < 4.78 is 39.9. The molecule has 1 unspecified atom stereocenters. The van der Waals surface area contributed by atoms with E-state index in [4.69, 9.17) is 0 Å². The molecule has 1 aliphatic rings. The summed E-state index contributed by atoms with van der Waals surface area (Å²) in [5, 5.41) is 2.79. The number of carbonyl (C=O) groups is 1. The molecule has 0 saturated heterocycles. The number of fused-ring (bicyclic) bond motifs is 1. The van der Waals surface area contributed by atoms with Crippen molar-refractivity contribution >= 4 is 11.7 Å². The lowest BCUT2D eigenvalue weighted by atomic mass is 9.99. The molecule has 3 rings (SSSR count). The lowest BCUT2D eigenvalue weighted by molar-refractivity contribution is -0.141. The summed E-state index contributed by atoms with van der Waals surface area (Å²) in [4.78, 5) is 21.6. The highest BCUT2D eigenvalue weighted by molar-refractivity contribution is 5.89. The SMILES string of the molecule is Cc1cc(NC(=O)N(C)CC2CCc3nc(C(F)(F)F)cn3C2)ccn1. The Morgan fingerprint density at radius 1 is 1.46 bits per heavy atom. The molecule has 1 aliphatic heterocycles. The van der Waals surface area contributed by atoms with Crippen LogP contribution in [0.1, 0.15) is 23.6 Å². The van der Waals surface area contributed by atoms with E-state index in [2.05, 4.69) is 15.3 Å². The summed E-state index contributed by atoms with van der Waals surface area (Å²) in [7, 11) is 1.67. The fraction of sp³-hybridized carbons (Fsp3) is 0.471. The standard InChI is InChI=1S/C17H20F3N5O/c1-11-7-13(5-6-21-11)22-16(26)24(2)8-12-3-4-15-23-14(17(18,19)20)10-25(15)9-12/h5-7,10,12H,3-4,8-9H2,1-2H3,(H,21,22,26). The first-order valence-electron chi connectivity index (χ1n) is 8.30. The number of aryl methyl sites for hydroxylation is 2. The van der Waals surface area contributed by atoms with Gasteiger partial charge in [0, 0.05) is 50.3 Å². The van der Waals surface area contributed by atoms with Gasteiger partial charge in [-0.2, -0.15) is 13.2 Å². The van der Waals surface area contributed by atoms with E-state index in [1.54, 1.807) is 34.8 Å². The van der Waals surface area contributed by atoms with Crippen molar-refractivity contribution in [1.29, 1.82) is 0 Å². The highest BCUT2D eigenvalue weighted by Crippen LogP contribution is 2.30. The Hall–Kier alpha value is -2.58. The van der Waals surface area contributed by atoms with Crippen LogP contribution in [0.2, 0.25) is 0 Å². The normalized spacial score (nSPS) is 16.9. The molecule has 2 aromatic rings. The molecule has 1 N–H and O–H groups in total. The fourth-order valence-electron chi connectivity index (χ4n) is 3.11. The van der Waals surface area contributed by atoms with E-state index >= 15 is 0 Å². The van der Waals surface area contributed by atoms with Gasteiger partial charge in [0.25, 0.3) is 0 Å². The minimum absolute atomic E-state index is 0.0766. The zero-order valence-corrected chi connectivity index (χ0v) is 14.5. The van der Waals surface area contributed by atoms with Crippen LogP contribution in [-0.4, -0.2) is 39.1 Å². The molecule has 2 aromatic heterocycles. The first kappa shape index (κ1) is 18.2. The first-order chi connectivity index (χ1) is 12.2. The van der Waals surface area contributed by atoms with Crippen molar-refractivity contribution in [3.63, 3.8) is 0 Å². The Kier molecular flexibility index (Phi) is 4.88. The molecule has 0 saturated carbocycles. The van der Waals surface area contributed by atoms with Crippen molar-refractivity contribution in [2.75, 3.05) is 18.9 Å². The number of alkyl halides is 3. The molecule has 0 fully saturated rings. The van der Waals surface area contributed by atoms with Gasteiger partial charge < -0.3 is 14.8 Å². The zero-order chi connectivity index (χ0) is 18.9. The number of anilines is 1. The molecule has 1 atom stereocenters. The average Bonchev–Trinajstić information content (AvgIpc) is 2.98. The number of halogens is 3. The number of hydrogen-bond acceptors (Lipinski definition) is 3. The molecule has 9 heteroatoms. The highest BCUT2D eigenvalue weighted by Gasteiger charge is 2.36. The summed E-state index contributed by atoms with van der Waals surface area (Å²) in [5.74, 6) is 0.528. The van der Waals surface area contributed by atoms with Crippen LogP contribution in [0.25, 0.3) is 0 Å². The number of nitrogens with one attached hydrogen (secondary N) is 1. The van der Waals surface area contributed by atoms with Gasteiger partial charge in [-0.05, 0) is 31.4 Å². The number of imidazole rings is 1. The molecule has 0 spiro atoms. The molecule has 140 valence electrons. The molecule has 0 aromatic carbocycles. The van der Waals surface area contributed by atoms with Crippen LogP contribution in [0.15, 0.2) is 24.5 Å². The van der Waals surface area contributed by atoms with Gasteiger partial charge in [-0.3, -0.25) is 4.98 Å². The van der Waals surface area contributed by atoms with E-state index in [9.17, 15) is 18.0 Å². The van der Waals surface area contributed by atoms with E-state index in [1.807, 2.05) is 6.92 Å². The van der Waals surface area contributed by atoms with Crippen molar-refractivity contribution in [3.8, 4) is 0 Å². The first-order valence-corrected chi connectivity index (χ1v) is 8.30. The van der Waals surface area contributed by atoms with Gasteiger partial charge >= 0.3 is 12.2 Å². The number of pyridine rings is 1. The van der Waals surface area contributed by atoms with Gasteiger partial charge in [0.05, 0.1) is 0 Å². The minimum atomic E-state index is -4.43. The van der Waals surface area contributed by atoms with Gasteiger partial charge in [0.2, 0.25) is 0 Å². The van der Waals surface area contributed by atoms with E-state index in [1.165, 1.54) is 0 Å². The van der Waals surface area contributed by atoms with Crippen LogP contribution in [0.3, 0.4) is 0 Å². The van der Waals surface area contributed by atoms with Crippen LogP contribution in [0, 0.1) is 12.8 Å². The molecule has 3 heterocycles. The summed E-state index contributed by atoms with van der Waals surface area (Å²) in [5.41, 5.74) is 0.600. The van der Waals surface area contributed by atoms with Gasteiger partial charge in [-0.25, -0.2) is 9.78 Å². The van der Waals surface area contributed by atoms with Gasteiger partial charge in [0.1, 0.15) is 5.82 Å². The largest absolute Gasteiger partial charge is 0.434 e. The number of rotatable bonds is 3. The quantitative estimate of drug-likeness (QED) is 0.905. The molecular weight excluding hydrogens is 347 g/mol. The van der Waals surface area contributed by atoms with Gasteiger partial charge in [-0.1, -0.05) is 0 Å². The third-order valence-corrected chi connectivity index (χ3v) is 4.41. The number of aromatic nitrogens is 3. The van der Waals surface area contributed by atoms with Crippen LogP contribution < -0.4 is 5.32 Å². The van der Waals surface area contributed by atoms with Crippen LogP contribution in [0.4, 0.5) is 23.7 Å². The number of hydrogen-bond donors (Lipinski definition) is 1. The zero-order valence-electron chi connectivity index (χ0n) is 14.5. The number of carbonyl (C=O) groups excluding carboxylic acids is 1. The predicted molar refractivity (Wildman–Crippen MR) is 89.7 cm³/mol. The minimum Gasteiger partial charge on any atom is -0.334 e. The Balaban J connectivity index is 1.59. The average molecular weight is 367 g/mol.